The molecule has 2 atom stereocenters. The number of hydrogen-bond acceptors (Lipinski definition) is 5. The van der Waals surface area contributed by atoms with Crippen LogP contribution in [0.2, 0.25) is 0 Å². The molecule has 0 spiro atoms. The zero-order valence-electron chi connectivity index (χ0n) is 10.0. The van der Waals surface area contributed by atoms with Crippen molar-refractivity contribution in [1.82, 2.24) is 9.71 Å². The Hall–Kier alpha value is -1.02. The minimum atomic E-state index is -3.64. The standard InChI is InChI=1S/C11H16N2O4S/c1-9-11(14,4-6-17-9)8-13-18(15,16)10-3-2-5-12-7-10/h2-3,5,7,9,13-14H,4,6,8H2,1H3. The van der Waals surface area contributed by atoms with Gasteiger partial charge in [0.1, 0.15) is 10.5 Å². The monoisotopic (exact) mass is 272 g/mol. The highest BCUT2D eigenvalue weighted by molar-refractivity contribution is 7.89. The summed E-state index contributed by atoms with van der Waals surface area (Å²) in [6.45, 7) is 2.10. The second-order valence-corrected chi connectivity index (χ2v) is 6.15. The summed E-state index contributed by atoms with van der Waals surface area (Å²) in [4.78, 5) is 3.84. The minimum absolute atomic E-state index is 0.0641. The molecule has 0 saturated carbocycles. The Morgan fingerprint density at radius 1 is 1.67 bits per heavy atom. The van der Waals surface area contributed by atoms with Crippen LogP contribution in [0.3, 0.4) is 0 Å². The molecule has 1 aromatic rings. The molecule has 0 bridgehead atoms. The van der Waals surface area contributed by atoms with Gasteiger partial charge in [0.05, 0.1) is 6.10 Å². The van der Waals surface area contributed by atoms with Crippen molar-refractivity contribution in [2.75, 3.05) is 13.2 Å². The molecule has 2 N–H and O–H groups in total. The Kier molecular flexibility index (Phi) is 3.67. The summed E-state index contributed by atoms with van der Waals surface area (Å²) in [6.07, 6.45) is 2.80. The van der Waals surface area contributed by atoms with Crippen LogP contribution < -0.4 is 4.72 Å². The summed E-state index contributed by atoms with van der Waals surface area (Å²) in [7, 11) is -3.64. The van der Waals surface area contributed by atoms with E-state index in [-0.39, 0.29) is 17.5 Å². The third-order valence-corrected chi connectivity index (χ3v) is 4.56. The average molecular weight is 272 g/mol. The predicted octanol–water partition coefficient (Wildman–Crippen LogP) is -0.100. The highest BCUT2D eigenvalue weighted by atomic mass is 32.2. The number of aliphatic hydroxyl groups is 1. The molecule has 1 aromatic heterocycles. The van der Waals surface area contributed by atoms with Crippen LogP contribution >= 0.6 is 0 Å². The van der Waals surface area contributed by atoms with Gasteiger partial charge in [-0.2, -0.15) is 0 Å². The molecule has 18 heavy (non-hydrogen) atoms. The maximum absolute atomic E-state index is 11.9. The normalized spacial score (nSPS) is 28.4. The van der Waals surface area contributed by atoms with Crippen LogP contribution in [0.1, 0.15) is 13.3 Å². The van der Waals surface area contributed by atoms with Crippen molar-refractivity contribution in [3.05, 3.63) is 24.5 Å². The van der Waals surface area contributed by atoms with Gasteiger partial charge in [-0.3, -0.25) is 4.98 Å². The molecular weight excluding hydrogens is 256 g/mol. The van der Waals surface area contributed by atoms with E-state index >= 15 is 0 Å². The number of nitrogens with one attached hydrogen (secondary N) is 1. The lowest BCUT2D eigenvalue weighted by Gasteiger charge is -2.25. The van der Waals surface area contributed by atoms with Crippen molar-refractivity contribution in [2.24, 2.45) is 0 Å². The van der Waals surface area contributed by atoms with E-state index < -0.39 is 15.6 Å². The van der Waals surface area contributed by atoms with Crippen molar-refractivity contribution in [3.63, 3.8) is 0 Å². The Bertz CT molecular complexity index is 505. The molecule has 1 fully saturated rings. The fourth-order valence-electron chi connectivity index (χ4n) is 1.81. The first kappa shape index (κ1) is 13.4. The molecule has 0 radical (unpaired) electrons. The summed E-state index contributed by atoms with van der Waals surface area (Å²) in [6, 6.07) is 3.00. The first-order valence-electron chi connectivity index (χ1n) is 5.68. The van der Waals surface area contributed by atoms with Gasteiger partial charge in [0.15, 0.2) is 0 Å². The summed E-state index contributed by atoms with van der Waals surface area (Å²) in [5.74, 6) is 0. The van der Waals surface area contributed by atoms with Gasteiger partial charge < -0.3 is 9.84 Å². The Morgan fingerprint density at radius 3 is 3.00 bits per heavy atom. The van der Waals surface area contributed by atoms with Crippen molar-refractivity contribution < 1.29 is 18.3 Å². The first-order valence-corrected chi connectivity index (χ1v) is 7.16. The lowest BCUT2D eigenvalue weighted by molar-refractivity contribution is -0.0228. The molecular formula is C11H16N2O4S. The SMILES string of the molecule is CC1OCCC1(O)CNS(=O)(=O)c1cccnc1. The van der Waals surface area contributed by atoms with E-state index in [9.17, 15) is 13.5 Å². The highest BCUT2D eigenvalue weighted by Gasteiger charge is 2.40. The van der Waals surface area contributed by atoms with Crippen molar-refractivity contribution >= 4 is 10.0 Å². The fourth-order valence-corrected chi connectivity index (χ4v) is 2.88. The maximum atomic E-state index is 11.9. The Morgan fingerprint density at radius 2 is 2.44 bits per heavy atom. The average Bonchev–Trinajstić information content (AvgIpc) is 2.69. The first-order chi connectivity index (χ1) is 8.44. The summed E-state index contributed by atoms with van der Waals surface area (Å²) < 4.78 is 31.5. The van der Waals surface area contributed by atoms with Crippen LogP contribution in [0.25, 0.3) is 0 Å². The number of pyridine rings is 1. The van der Waals surface area contributed by atoms with E-state index in [0.29, 0.717) is 13.0 Å². The van der Waals surface area contributed by atoms with Crippen molar-refractivity contribution in [3.8, 4) is 0 Å². The second kappa shape index (κ2) is 4.93. The highest BCUT2D eigenvalue weighted by Crippen LogP contribution is 2.25. The summed E-state index contributed by atoms with van der Waals surface area (Å²) in [5.41, 5.74) is -1.14. The van der Waals surface area contributed by atoms with Crippen LogP contribution in [0.15, 0.2) is 29.4 Å². The number of ether oxygens (including phenoxy) is 1. The molecule has 1 aliphatic rings. The number of rotatable bonds is 4. The summed E-state index contributed by atoms with van der Waals surface area (Å²) >= 11 is 0. The molecule has 7 heteroatoms. The van der Waals surface area contributed by atoms with Gasteiger partial charge >= 0.3 is 0 Å². The maximum Gasteiger partial charge on any atom is 0.242 e. The van der Waals surface area contributed by atoms with Gasteiger partial charge in [0.25, 0.3) is 0 Å². The fraction of sp³-hybridized carbons (Fsp3) is 0.545. The zero-order valence-corrected chi connectivity index (χ0v) is 10.9. The lowest BCUT2D eigenvalue weighted by atomic mass is 9.97. The van der Waals surface area contributed by atoms with E-state index in [2.05, 4.69) is 9.71 Å². The van der Waals surface area contributed by atoms with Crippen molar-refractivity contribution in [1.29, 1.82) is 0 Å². The number of hydrogen-bond donors (Lipinski definition) is 2. The molecule has 0 aromatic carbocycles. The Balaban J connectivity index is 2.06. The van der Waals surface area contributed by atoms with E-state index in [0.717, 1.165) is 0 Å². The third-order valence-electron chi connectivity index (χ3n) is 3.17. The molecule has 1 aliphatic heterocycles. The molecule has 1 saturated heterocycles. The topological polar surface area (TPSA) is 88.5 Å². The molecule has 2 heterocycles. The van der Waals surface area contributed by atoms with Crippen LogP contribution in [0, 0.1) is 0 Å². The van der Waals surface area contributed by atoms with E-state index in [1.54, 1.807) is 13.0 Å². The molecule has 0 amide bonds. The second-order valence-electron chi connectivity index (χ2n) is 4.38. The number of sulfonamides is 1. The smallest absolute Gasteiger partial charge is 0.242 e. The largest absolute Gasteiger partial charge is 0.386 e. The van der Waals surface area contributed by atoms with Crippen LogP contribution in [-0.4, -0.2) is 43.4 Å². The van der Waals surface area contributed by atoms with Crippen LogP contribution in [0.5, 0.6) is 0 Å². The summed E-state index contributed by atoms with van der Waals surface area (Å²) in [5, 5.41) is 10.2. The molecule has 6 nitrogen and oxygen atoms in total. The number of aromatic nitrogens is 1. The van der Waals surface area contributed by atoms with E-state index in [1.807, 2.05) is 0 Å². The molecule has 2 unspecified atom stereocenters. The molecule has 2 rings (SSSR count). The molecule has 0 aliphatic carbocycles. The third kappa shape index (κ3) is 2.69. The van der Waals surface area contributed by atoms with Gasteiger partial charge in [-0.1, -0.05) is 0 Å². The van der Waals surface area contributed by atoms with Crippen molar-refractivity contribution in [2.45, 2.75) is 29.9 Å². The number of nitrogens with zero attached hydrogens (tertiary/aromatic N) is 1. The minimum Gasteiger partial charge on any atom is -0.386 e. The van der Waals surface area contributed by atoms with Gasteiger partial charge in [-0.25, -0.2) is 13.1 Å². The zero-order chi connectivity index (χ0) is 13.2. The van der Waals surface area contributed by atoms with Gasteiger partial charge in [0.2, 0.25) is 10.0 Å². The lowest BCUT2D eigenvalue weighted by Crippen LogP contribution is -2.47. The van der Waals surface area contributed by atoms with Gasteiger partial charge in [-0.05, 0) is 19.1 Å². The van der Waals surface area contributed by atoms with Gasteiger partial charge in [0, 0.05) is 32.0 Å². The van der Waals surface area contributed by atoms with E-state index in [1.165, 1.54) is 18.5 Å². The Labute approximate surface area is 106 Å². The van der Waals surface area contributed by atoms with Crippen LogP contribution in [0.4, 0.5) is 0 Å². The van der Waals surface area contributed by atoms with Crippen LogP contribution in [-0.2, 0) is 14.8 Å². The van der Waals surface area contributed by atoms with E-state index in [4.69, 9.17) is 4.74 Å². The predicted molar refractivity (Wildman–Crippen MR) is 64.4 cm³/mol. The molecule has 100 valence electrons. The quantitative estimate of drug-likeness (QED) is 0.799. The van der Waals surface area contributed by atoms with Gasteiger partial charge in [-0.15, -0.1) is 0 Å².